The van der Waals surface area contributed by atoms with E-state index in [0.717, 1.165) is 13.0 Å². The molecule has 0 radical (unpaired) electrons. The van der Waals surface area contributed by atoms with Crippen molar-refractivity contribution >= 4 is 11.6 Å². The lowest BCUT2D eigenvalue weighted by molar-refractivity contribution is -0.0504. The van der Waals surface area contributed by atoms with Gasteiger partial charge < -0.3 is 10.1 Å². The molecule has 0 bridgehead atoms. The number of unbranched alkanes of at least 4 members (excludes halogenated alkanes) is 1. The number of rotatable bonds is 9. The van der Waals surface area contributed by atoms with Crippen LogP contribution in [0, 0.1) is 5.92 Å². The third kappa shape index (κ3) is 7.06. The summed E-state index contributed by atoms with van der Waals surface area (Å²) in [6.07, 6.45) is 3.45. The van der Waals surface area contributed by atoms with Crippen molar-refractivity contribution in [2.45, 2.75) is 46.3 Å². The zero-order valence-corrected chi connectivity index (χ0v) is 12.7. The molecule has 1 aromatic rings. The minimum Gasteiger partial charge on any atom is -0.434 e. The first kappa shape index (κ1) is 17.2. The van der Waals surface area contributed by atoms with E-state index in [0.29, 0.717) is 23.0 Å². The monoisotopic (exact) mass is 305 g/mol. The van der Waals surface area contributed by atoms with Crippen LogP contribution in [0.15, 0.2) is 18.2 Å². The smallest absolute Gasteiger partial charge is 0.387 e. The highest BCUT2D eigenvalue weighted by atomic mass is 35.5. The van der Waals surface area contributed by atoms with Crippen molar-refractivity contribution in [3.8, 4) is 5.75 Å². The second-order valence-corrected chi connectivity index (χ2v) is 5.63. The lowest BCUT2D eigenvalue weighted by Crippen LogP contribution is -2.16. The summed E-state index contributed by atoms with van der Waals surface area (Å²) >= 11 is 5.88. The van der Waals surface area contributed by atoms with E-state index < -0.39 is 6.61 Å². The summed E-state index contributed by atoms with van der Waals surface area (Å²) in [7, 11) is 0. The van der Waals surface area contributed by atoms with Gasteiger partial charge in [0.25, 0.3) is 0 Å². The van der Waals surface area contributed by atoms with Crippen LogP contribution in [0.25, 0.3) is 0 Å². The SMILES string of the molecule is CC(C)CCCCNCc1cc(Cl)ccc1OC(F)F. The number of hydrogen-bond donors (Lipinski definition) is 1. The molecule has 20 heavy (non-hydrogen) atoms. The van der Waals surface area contributed by atoms with Gasteiger partial charge in [0, 0.05) is 17.1 Å². The average molecular weight is 306 g/mol. The predicted octanol–water partition coefficient (Wildman–Crippen LogP) is 4.86. The molecule has 0 atom stereocenters. The van der Waals surface area contributed by atoms with Gasteiger partial charge in [-0.2, -0.15) is 8.78 Å². The minimum atomic E-state index is -2.82. The quantitative estimate of drug-likeness (QED) is 0.658. The topological polar surface area (TPSA) is 21.3 Å². The number of ether oxygens (including phenoxy) is 1. The lowest BCUT2D eigenvalue weighted by atomic mass is 10.1. The molecule has 0 fully saturated rings. The van der Waals surface area contributed by atoms with Crippen LogP contribution in [-0.2, 0) is 6.54 Å². The summed E-state index contributed by atoms with van der Waals surface area (Å²) in [6.45, 7) is 2.92. The van der Waals surface area contributed by atoms with Gasteiger partial charge in [-0.05, 0) is 37.1 Å². The number of nitrogens with one attached hydrogen (secondary N) is 1. The molecule has 0 aromatic heterocycles. The molecular weight excluding hydrogens is 284 g/mol. The van der Waals surface area contributed by atoms with Gasteiger partial charge in [-0.1, -0.05) is 38.3 Å². The van der Waals surface area contributed by atoms with Crippen LogP contribution in [-0.4, -0.2) is 13.2 Å². The second kappa shape index (κ2) is 9.14. The maximum Gasteiger partial charge on any atom is 0.387 e. The Morgan fingerprint density at radius 3 is 2.65 bits per heavy atom. The van der Waals surface area contributed by atoms with Gasteiger partial charge in [-0.25, -0.2) is 0 Å². The number of benzene rings is 1. The molecule has 5 heteroatoms. The van der Waals surface area contributed by atoms with Crippen molar-refractivity contribution in [2.24, 2.45) is 5.92 Å². The molecule has 0 aliphatic carbocycles. The summed E-state index contributed by atoms with van der Waals surface area (Å²) in [5.74, 6) is 0.896. The van der Waals surface area contributed by atoms with E-state index in [-0.39, 0.29) is 5.75 Å². The van der Waals surface area contributed by atoms with Gasteiger partial charge in [0.1, 0.15) is 5.75 Å². The molecule has 0 amide bonds. The molecule has 114 valence electrons. The van der Waals surface area contributed by atoms with E-state index in [1.54, 1.807) is 12.1 Å². The van der Waals surface area contributed by atoms with Gasteiger partial charge in [-0.15, -0.1) is 0 Å². The summed E-state index contributed by atoms with van der Waals surface area (Å²) in [5, 5.41) is 3.75. The van der Waals surface area contributed by atoms with Crippen LogP contribution < -0.4 is 10.1 Å². The molecule has 0 aliphatic rings. The fourth-order valence-electron chi connectivity index (χ4n) is 1.92. The van der Waals surface area contributed by atoms with Crippen LogP contribution in [0.3, 0.4) is 0 Å². The maximum absolute atomic E-state index is 12.3. The van der Waals surface area contributed by atoms with Gasteiger partial charge in [0.15, 0.2) is 0 Å². The fraction of sp³-hybridized carbons (Fsp3) is 0.600. The molecule has 0 heterocycles. The first-order valence-corrected chi connectivity index (χ1v) is 7.30. The molecule has 0 spiro atoms. The lowest BCUT2D eigenvalue weighted by Gasteiger charge is -2.12. The predicted molar refractivity (Wildman–Crippen MR) is 78.5 cm³/mol. The third-order valence-corrected chi connectivity index (χ3v) is 3.17. The largest absolute Gasteiger partial charge is 0.434 e. The van der Waals surface area contributed by atoms with Crippen molar-refractivity contribution in [2.75, 3.05) is 6.54 Å². The highest BCUT2D eigenvalue weighted by Gasteiger charge is 2.09. The molecule has 1 rings (SSSR count). The molecule has 0 saturated carbocycles. The van der Waals surface area contributed by atoms with Crippen molar-refractivity contribution in [1.82, 2.24) is 5.32 Å². The Kier molecular flexibility index (Phi) is 7.85. The highest BCUT2D eigenvalue weighted by molar-refractivity contribution is 6.30. The van der Waals surface area contributed by atoms with E-state index >= 15 is 0 Å². The van der Waals surface area contributed by atoms with Crippen molar-refractivity contribution < 1.29 is 13.5 Å². The number of hydrogen-bond acceptors (Lipinski definition) is 2. The average Bonchev–Trinajstić information content (AvgIpc) is 2.35. The summed E-state index contributed by atoms with van der Waals surface area (Å²) < 4.78 is 29.1. The van der Waals surface area contributed by atoms with Crippen LogP contribution in [0.1, 0.15) is 38.7 Å². The van der Waals surface area contributed by atoms with Gasteiger partial charge in [0.2, 0.25) is 0 Å². The van der Waals surface area contributed by atoms with Crippen LogP contribution >= 0.6 is 11.6 Å². The summed E-state index contributed by atoms with van der Waals surface area (Å²) in [6, 6.07) is 4.68. The van der Waals surface area contributed by atoms with Gasteiger partial charge in [-0.3, -0.25) is 0 Å². The van der Waals surface area contributed by atoms with Gasteiger partial charge >= 0.3 is 6.61 Å². The molecule has 1 N–H and O–H groups in total. The Labute approximate surface area is 124 Å². The van der Waals surface area contributed by atoms with Crippen molar-refractivity contribution in [3.05, 3.63) is 28.8 Å². The summed E-state index contributed by atoms with van der Waals surface area (Å²) in [4.78, 5) is 0. The normalized spacial score (nSPS) is 11.3. The fourth-order valence-corrected chi connectivity index (χ4v) is 2.12. The molecule has 0 aliphatic heterocycles. The Hall–Kier alpha value is -0.870. The zero-order valence-electron chi connectivity index (χ0n) is 12.0. The van der Waals surface area contributed by atoms with E-state index in [1.807, 2.05) is 0 Å². The van der Waals surface area contributed by atoms with E-state index in [9.17, 15) is 8.78 Å². The minimum absolute atomic E-state index is 0.180. The van der Waals surface area contributed by atoms with Crippen molar-refractivity contribution in [1.29, 1.82) is 0 Å². The number of halogens is 3. The second-order valence-electron chi connectivity index (χ2n) is 5.20. The Bertz CT molecular complexity index is 399. The highest BCUT2D eigenvalue weighted by Crippen LogP contribution is 2.24. The Morgan fingerprint density at radius 2 is 2.00 bits per heavy atom. The zero-order chi connectivity index (χ0) is 15.0. The third-order valence-electron chi connectivity index (χ3n) is 2.94. The van der Waals surface area contributed by atoms with Crippen molar-refractivity contribution in [3.63, 3.8) is 0 Å². The molecule has 0 saturated heterocycles. The van der Waals surface area contributed by atoms with Crippen LogP contribution in [0.4, 0.5) is 8.78 Å². The van der Waals surface area contributed by atoms with Gasteiger partial charge in [0.05, 0.1) is 0 Å². The van der Waals surface area contributed by atoms with E-state index in [4.69, 9.17) is 11.6 Å². The van der Waals surface area contributed by atoms with E-state index in [1.165, 1.54) is 18.9 Å². The number of alkyl halides is 2. The maximum atomic E-state index is 12.3. The Morgan fingerprint density at radius 1 is 1.25 bits per heavy atom. The standard InChI is InChI=1S/C15H22ClF2NO/c1-11(2)5-3-4-8-19-10-12-9-13(16)6-7-14(12)20-15(17)18/h6-7,9,11,15,19H,3-5,8,10H2,1-2H3. The Balaban J connectivity index is 2.40. The molecule has 0 unspecified atom stereocenters. The van der Waals surface area contributed by atoms with Crippen LogP contribution in [0.2, 0.25) is 5.02 Å². The summed E-state index contributed by atoms with van der Waals surface area (Å²) in [5.41, 5.74) is 0.654. The molecule has 2 nitrogen and oxygen atoms in total. The molecule has 1 aromatic carbocycles. The first-order chi connectivity index (χ1) is 9.49. The van der Waals surface area contributed by atoms with E-state index in [2.05, 4.69) is 23.9 Å². The van der Waals surface area contributed by atoms with Crippen LogP contribution in [0.5, 0.6) is 5.75 Å². The molecular formula is C15H22ClF2NO. The first-order valence-electron chi connectivity index (χ1n) is 6.93.